The van der Waals surface area contributed by atoms with Crippen molar-refractivity contribution in [2.45, 2.75) is 52.5 Å². The summed E-state index contributed by atoms with van der Waals surface area (Å²) in [4.78, 5) is 27.1. The number of aryl methyl sites for hydroxylation is 3. The molecule has 0 radical (unpaired) electrons. The minimum absolute atomic E-state index is 0.0307. The molecule has 3 aromatic carbocycles. The highest BCUT2D eigenvalue weighted by Crippen LogP contribution is 2.27. The van der Waals surface area contributed by atoms with E-state index in [9.17, 15) is 9.59 Å². The van der Waals surface area contributed by atoms with Crippen molar-refractivity contribution in [3.8, 4) is 0 Å². The molecule has 4 nitrogen and oxygen atoms in total. The molecule has 3 aromatic rings. The van der Waals surface area contributed by atoms with Crippen LogP contribution in [0.2, 0.25) is 0 Å². The number of carbonyl (C=O) groups excluding carboxylic acids is 2. The van der Waals surface area contributed by atoms with Crippen LogP contribution in [0.15, 0.2) is 85.5 Å². The van der Waals surface area contributed by atoms with Gasteiger partial charge in [-0.25, -0.2) is 5.01 Å². The van der Waals surface area contributed by atoms with Gasteiger partial charge in [0.05, 0.1) is 6.04 Å². The van der Waals surface area contributed by atoms with Crippen molar-refractivity contribution >= 4 is 11.8 Å². The van der Waals surface area contributed by atoms with E-state index in [0.29, 0.717) is 17.5 Å². The lowest BCUT2D eigenvalue weighted by molar-refractivity contribution is 0.0452. The van der Waals surface area contributed by atoms with Gasteiger partial charge in [0, 0.05) is 17.0 Å². The molecule has 0 heterocycles. The summed E-state index contributed by atoms with van der Waals surface area (Å²) in [5.74, 6) is -0.577. The summed E-state index contributed by atoms with van der Waals surface area (Å²) in [5, 5.41) is 1.50. The van der Waals surface area contributed by atoms with Gasteiger partial charge >= 0.3 is 0 Å². The van der Waals surface area contributed by atoms with E-state index in [4.69, 9.17) is 0 Å². The Bertz CT molecular complexity index is 1120. The molecular weight excluding hydrogens is 420 g/mol. The van der Waals surface area contributed by atoms with E-state index in [1.165, 1.54) is 5.01 Å². The third kappa shape index (κ3) is 6.02. The number of nitrogens with one attached hydrogen (secondary N) is 1. The number of rotatable bonds is 8. The van der Waals surface area contributed by atoms with Crippen LogP contribution in [-0.2, 0) is 6.42 Å². The molecule has 1 unspecified atom stereocenters. The average molecular weight is 455 g/mol. The zero-order valence-electron chi connectivity index (χ0n) is 20.5. The Morgan fingerprint density at radius 1 is 0.941 bits per heavy atom. The molecule has 0 aliphatic heterocycles. The monoisotopic (exact) mass is 454 g/mol. The van der Waals surface area contributed by atoms with Crippen molar-refractivity contribution < 1.29 is 9.59 Å². The van der Waals surface area contributed by atoms with Gasteiger partial charge in [0.2, 0.25) is 0 Å². The van der Waals surface area contributed by atoms with Gasteiger partial charge in [-0.2, -0.15) is 0 Å². The Balaban J connectivity index is 2.01. The molecule has 2 atom stereocenters. The van der Waals surface area contributed by atoms with Gasteiger partial charge in [-0.15, -0.1) is 6.58 Å². The van der Waals surface area contributed by atoms with Gasteiger partial charge in [0.25, 0.3) is 11.8 Å². The molecule has 3 rings (SSSR count). The van der Waals surface area contributed by atoms with E-state index in [-0.39, 0.29) is 23.8 Å². The van der Waals surface area contributed by atoms with E-state index >= 15 is 0 Å². The molecule has 34 heavy (non-hydrogen) atoms. The molecule has 0 spiro atoms. The molecule has 0 bridgehead atoms. The van der Waals surface area contributed by atoms with Gasteiger partial charge in [0.15, 0.2) is 0 Å². The van der Waals surface area contributed by atoms with Gasteiger partial charge < -0.3 is 0 Å². The maximum Gasteiger partial charge on any atom is 0.272 e. The third-order valence-corrected chi connectivity index (χ3v) is 6.18. The van der Waals surface area contributed by atoms with E-state index < -0.39 is 0 Å². The van der Waals surface area contributed by atoms with Crippen LogP contribution in [0.4, 0.5) is 0 Å². The smallest absolute Gasteiger partial charge is 0.267 e. The molecular formula is C30H34N2O2. The van der Waals surface area contributed by atoms with Gasteiger partial charge in [0.1, 0.15) is 0 Å². The predicted octanol–water partition coefficient (Wildman–Crippen LogP) is 6.40. The van der Waals surface area contributed by atoms with Crippen molar-refractivity contribution in [2.75, 3.05) is 0 Å². The Morgan fingerprint density at radius 2 is 1.56 bits per heavy atom. The van der Waals surface area contributed by atoms with E-state index in [0.717, 1.165) is 28.7 Å². The summed E-state index contributed by atoms with van der Waals surface area (Å²) >= 11 is 0. The SMILES string of the molecule is C=CC[C@H](C(C)c1ccccc1)N(NC(=O)c1ccc(CC)cc1)C(=O)c1cc(C)cc(C)c1. The standard InChI is InChI=1S/C30H34N2O2/c1-6-11-28(23(5)25-12-9-8-10-13-25)32(30(34)27-19-21(3)18-22(4)20-27)31-29(33)26-16-14-24(7-2)15-17-26/h6,8-10,12-20,23,28H,1,7,11H2,2-5H3,(H,31,33)/t23?,28-/m1/s1. The average Bonchev–Trinajstić information content (AvgIpc) is 2.85. The van der Waals surface area contributed by atoms with Crippen LogP contribution >= 0.6 is 0 Å². The van der Waals surface area contributed by atoms with E-state index in [1.54, 1.807) is 18.2 Å². The number of amides is 2. The summed E-state index contributed by atoms with van der Waals surface area (Å²) in [6.45, 7) is 12.0. The maximum atomic E-state index is 13.8. The molecule has 2 amide bonds. The second kappa shape index (κ2) is 11.5. The minimum Gasteiger partial charge on any atom is -0.267 e. The van der Waals surface area contributed by atoms with Crippen LogP contribution in [-0.4, -0.2) is 22.9 Å². The van der Waals surface area contributed by atoms with Gasteiger partial charge in [-0.05, 0) is 62.1 Å². The first-order valence-electron chi connectivity index (χ1n) is 11.8. The summed E-state index contributed by atoms with van der Waals surface area (Å²) in [6.07, 6.45) is 3.23. The van der Waals surface area contributed by atoms with Crippen LogP contribution in [0.25, 0.3) is 0 Å². The number of hydrogen-bond acceptors (Lipinski definition) is 2. The first-order chi connectivity index (χ1) is 16.3. The summed E-state index contributed by atoms with van der Waals surface area (Å²) in [5.41, 5.74) is 8.25. The molecule has 1 N–H and O–H groups in total. The molecule has 0 aromatic heterocycles. The molecule has 4 heteroatoms. The fourth-order valence-electron chi connectivity index (χ4n) is 4.27. The van der Waals surface area contributed by atoms with Crippen molar-refractivity contribution in [2.24, 2.45) is 0 Å². The molecule has 0 aliphatic carbocycles. The van der Waals surface area contributed by atoms with Gasteiger partial charge in [-0.1, -0.05) is 79.6 Å². The normalized spacial score (nSPS) is 12.5. The quantitative estimate of drug-likeness (QED) is 0.316. The van der Waals surface area contributed by atoms with E-state index in [2.05, 4.69) is 25.9 Å². The number of hydrazine groups is 1. The molecule has 0 fully saturated rings. The third-order valence-electron chi connectivity index (χ3n) is 6.18. The highest BCUT2D eigenvalue weighted by atomic mass is 16.2. The Morgan fingerprint density at radius 3 is 2.12 bits per heavy atom. The lowest BCUT2D eigenvalue weighted by atomic mass is 9.90. The fourth-order valence-corrected chi connectivity index (χ4v) is 4.27. The molecule has 0 saturated carbocycles. The topological polar surface area (TPSA) is 49.4 Å². The van der Waals surface area contributed by atoms with Gasteiger partial charge in [-0.3, -0.25) is 15.0 Å². The van der Waals surface area contributed by atoms with Crippen LogP contribution < -0.4 is 5.43 Å². The van der Waals surface area contributed by atoms with Crippen molar-refractivity contribution in [3.63, 3.8) is 0 Å². The highest BCUT2D eigenvalue weighted by molar-refractivity contribution is 5.99. The second-order valence-corrected chi connectivity index (χ2v) is 8.83. The van der Waals surface area contributed by atoms with Crippen LogP contribution in [0.3, 0.4) is 0 Å². The van der Waals surface area contributed by atoms with E-state index in [1.807, 2.05) is 74.5 Å². The first kappa shape index (κ1) is 25.0. The lowest BCUT2D eigenvalue weighted by Crippen LogP contribution is -2.53. The number of benzene rings is 3. The summed E-state index contributed by atoms with van der Waals surface area (Å²) in [7, 11) is 0. The van der Waals surface area contributed by atoms with Crippen LogP contribution in [0.5, 0.6) is 0 Å². The predicted molar refractivity (Wildman–Crippen MR) is 139 cm³/mol. The molecule has 0 saturated heterocycles. The lowest BCUT2D eigenvalue weighted by Gasteiger charge is -2.35. The second-order valence-electron chi connectivity index (χ2n) is 8.83. The van der Waals surface area contributed by atoms with Crippen LogP contribution in [0, 0.1) is 13.8 Å². The largest absolute Gasteiger partial charge is 0.272 e. The summed E-state index contributed by atoms with van der Waals surface area (Å²) in [6, 6.07) is 23.0. The number of nitrogens with zero attached hydrogens (tertiary/aromatic N) is 1. The summed E-state index contributed by atoms with van der Waals surface area (Å²) < 4.78 is 0. The molecule has 176 valence electrons. The Labute approximate surface area is 203 Å². The Hall–Kier alpha value is -3.66. The first-order valence-corrected chi connectivity index (χ1v) is 11.8. The molecule has 0 aliphatic rings. The fraction of sp³-hybridized carbons (Fsp3) is 0.267. The zero-order valence-corrected chi connectivity index (χ0v) is 20.5. The number of carbonyl (C=O) groups is 2. The highest BCUT2D eigenvalue weighted by Gasteiger charge is 2.31. The Kier molecular flexibility index (Phi) is 8.42. The van der Waals surface area contributed by atoms with Crippen molar-refractivity contribution in [1.29, 1.82) is 0 Å². The minimum atomic E-state index is -0.313. The zero-order chi connectivity index (χ0) is 24.7. The van der Waals surface area contributed by atoms with Crippen molar-refractivity contribution in [3.05, 3.63) is 119 Å². The van der Waals surface area contributed by atoms with Crippen LogP contribution in [0.1, 0.15) is 69.2 Å². The maximum absolute atomic E-state index is 13.8. The number of hydrogen-bond donors (Lipinski definition) is 1. The van der Waals surface area contributed by atoms with Crippen molar-refractivity contribution in [1.82, 2.24) is 10.4 Å².